The van der Waals surface area contributed by atoms with E-state index in [1.54, 1.807) is 0 Å². The second-order valence-electron chi connectivity index (χ2n) is 11.8. The van der Waals surface area contributed by atoms with Crippen molar-refractivity contribution in [3.63, 3.8) is 0 Å². The molecule has 2 amide bonds. The number of likely N-dealkylation sites (tertiary alicyclic amines) is 1. The van der Waals surface area contributed by atoms with Gasteiger partial charge < -0.3 is 20.1 Å². The highest BCUT2D eigenvalue weighted by atomic mass is 16.2. The summed E-state index contributed by atoms with van der Waals surface area (Å²) in [5.41, 5.74) is 3.92. The minimum absolute atomic E-state index is 0.00207. The van der Waals surface area contributed by atoms with Gasteiger partial charge in [0.2, 0.25) is 11.8 Å². The first-order valence-electron chi connectivity index (χ1n) is 16.0. The number of amides is 2. The van der Waals surface area contributed by atoms with Crippen molar-refractivity contribution in [2.45, 2.75) is 63.5 Å². The van der Waals surface area contributed by atoms with Crippen molar-refractivity contribution in [3.05, 3.63) is 126 Å². The van der Waals surface area contributed by atoms with Gasteiger partial charge in [0.1, 0.15) is 5.54 Å². The SMILES string of the molecule is CC(=O)NCC(=O)NC(CCCCN1CCCC1)CCc1cncn1C(c1ccccc1)(c1ccccc1)c1ccccc1. The van der Waals surface area contributed by atoms with E-state index < -0.39 is 5.54 Å². The molecule has 44 heavy (non-hydrogen) atoms. The normalized spacial score (nSPS) is 14.3. The molecular weight excluding hydrogens is 546 g/mol. The molecule has 1 aromatic heterocycles. The number of carbonyl (C=O) groups excluding carboxylic acids is 2. The predicted molar refractivity (Wildman–Crippen MR) is 175 cm³/mol. The standard InChI is InChI=1S/C37H45N5O2/c1-30(43)39-28-36(44)40-34(21-11-12-24-41-25-13-14-26-41)22-23-35-27-38-29-42(35)37(31-15-5-2-6-16-31,32-17-7-3-8-18-32)33-19-9-4-10-20-33/h2-10,15-20,27,29,34H,11-14,21-26,28H2,1H3,(H,39,43)(H,40,44). The molecule has 7 nitrogen and oxygen atoms in total. The number of rotatable bonds is 15. The van der Waals surface area contributed by atoms with Crippen LogP contribution in [-0.4, -0.2) is 58.5 Å². The zero-order valence-corrected chi connectivity index (χ0v) is 25.8. The first kappa shape index (κ1) is 31.2. The molecule has 7 heteroatoms. The van der Waals surface area contributed by atoms with Crippen molar-refractivity contribution in [2.75, 3.05) is 26.2 Å². The van der Waals surface area contributed by atoms with Gasteiger partial charge in [0.15, 0.2) is 0 Å². The highest BCUT2D eigenvalue weighted by Gasteiger charge is 2.39. The number of hydrogen-bond donors (Lipinski definition) is 2. The van der Waals surface area contributed by atoms with E-state index in [2.05, 4.69) is 111 Å². The number of benzene rings is 3. The fourth-order valence-corrected chi connectivity index (χ4v) is 6.59. The Hall–Kier alpha value is -4.23. The Morgan fingerprint density at radius 3 is 1.93 bits per heavy atom. The van der Waals surface area contributed by atoms with Crippen molar-refractivity contribution in [1.29, 1.82) is 0 Å². The van der Waals surface area contributed by atoms with Gasteiger partial charge in [0.05, 0.1) is 12.9 Å². The van der Waals surface area contributed by atoms with Gasteiger partial charge in [0, 0.05) is 24.9 Å². The summed E-state index contributed by atoms with van der Waals surface area (Å²) in [5, 5.41) is 5.86. The average Bonchev–Trinajstić information content (AvgIpc) is 3.76. The fourth-order valence-electron chi connectivity index (χ4n) is 6.59. The van der Waals surface area contributed by atoms with Crippen LogP contribution in [0.2, 0.25) is 0 Å². The number of nitrogens with one attached hydrogen (secondary N) is 2. The summed E-state index contributed by atoms with van der Waals surface area (Å²) in [6.07, 6.45) is 11.1. The zero-order valence-electron chi connectivity index (χ0n) is 25.8. The predicted octanol–water partition coefficient (Wildman–Crippen LogP) is 5.54. The molecule has 0 saturated carbocycles. The third-order valence-electron chi connectivity index (χ3n) is 8.74. The Kier molecular flexibility index (Phi) is 11.0. The van der Waals surface area contributed by atoms with E-state index in [4.69, 9.17) is 4.98 Å². The second kappa shape index (κ2) is 15.5. The highest BCUT2D eigenvalue weighted by Crippen LogP contribution is 2.41. The lowest BCUT2D eigenvalue weighted by Gasteiger charge is -2.38. The molecule has 1 aliphatic rings. The Morgan fingerprint density at radius 2 is 1.39 bits per heavy atom. The van der Waals surface area contributed by atoms with E-state index in [-0.39, 0.29) is 24.4 Å². The highest BCUT2D eigenvalue weighted by molar-refractivity contribution is 5.83. The largest absolute Gasteiger partial charge is 0.352 e. The van der Waals surface area contributed by atoms with Gasteiger partial charge in [-0.2, -0.15) is 0 Å². The Morgan fingerprint density at radius 1 is 0.818 bits per heavy atom. The van der Waals surface area contributed by atoms with Gasteiger partial charge in [-0.1, -0.05) is 97.4 Å². The quantitative estimate of drug-likeness (QED) is 0.141. The number of imidazole rings is 1. The minimum Gasteiger partial charge on any atom is -0.352 e. The van der Waals surface area contributed by atoms with Gasteiger partial charge in [-0.15, -0.1) is 0 Å². The van der Waals surface area contributed by atoms with Gasteiger partial charge in [-0.3, -0.25) is 9.59 Å². The Labute approximate surface area is 261 Å². The average molecular weight is 592 g/mol. The maximum Gasteiger partial charge on any atom is 0.239 e. The van der Waals surface area contributed by atoms with E-state index >= 15 is 0 Å². The van der Waals surface area contributed by atoms with Crippen LogP contribution in [0.1, 0.15) is 67.8 Å². The van der Waals surface area contributed by atoms with E-state index in [0.29, 0.717) is 0 Å². The molecule has 2 N–H and O–H groups in total. The molecule has 0 aliphatic carbocycles. The molecule has 230 valence electrons. The summed E-state index contributed by atoms with van der Waals surface area (Å²) in [4.78, 5) is 31.5. The summed E-state index contributed by atoms with van der Waals surface area (Å²) < 4.78 is 2.32. The number of hydrogen-bond acceptors (Lipinski definition) is 4. The number of aryl methyl sites for hydroxylation is 1. The first-order chi connectivity index (χ1) is 21.6. The molecule has 1 saturated heterocycles. The first-order valence-corrected chi connectivity index (χ1v) is 16.0. The number of unbranched alkanes of at least 4 members (excludes halogenated alkanes) is 1. The molecule has 1 unspecified atom stereocenters. The lowest BCUT2D eigenvalue weighted by atomic mass is 9.76. The number of aromatic nitrogens is 2. The van der Waals surface area contributed by atoms with Crippen LogP contribution in [-0.2, 0) is 21.5 Å². The minimum atomic E-state index is -0.629. The van der Waals surface area contributed by atoms with Crippen molar-refractivity contribution in [2.24, 2.45) is 0 Å². The monoisotopic (exact) mass is 591 g/mol. The Bertz CT molecular complexity index is 1350. The third-order valence-corrected chi connectivity index (χ3v) is 8.74. The zero-order chi connectivity index (χ0) is 30.6. The molecule has 1 atom stereocenters. The van der Waals surface area contributed by atoms with Crippen LogP contribution in [0, 0.1) is 0 Å². The van der Waals surface area contributed by atoms with Crippen molar-refractivity contribution >= 4 is 11.8 Å². The van der Waals surface area contributed by atoms with Crippen LogP contribution in [0.5, 0.6) is 0 Å². The summed E-state index contributed by atoms with van der Waals surface area (Å²) in [5.74, 6) is -0.351. The van der Waals surface area contributed by atoms with Crippen LogP contribution in [0.3, 0.4) is 0 Å². The molecule has 0 radical (unpaired) electrons. The van der Waals surface area contributed by atoms with E-state index in [0.717, 1.165) is 61.0 Å². The van der Waals surface area contributed by atoms with Gasteiger partial charge in [-0.05, 0) is 74.8 Å². The van der Waals surface area contributed by atoms with Crippen LogP contribution in [0.4, 0.5) is 0 Å². The molecule has 0 spiro atoms. The maximum absolute atomic E-state index is 12.8. The molecule has 2 heterocycles. The fraction of sp³-hybridized carbons (Fsp3) is 0.378. The van der Waals surface area contributed by atoms with Gasteiger partial charge in [-0.25, -0.2) is 4.98 Å². The molecule has 4 aromatic rings. The molecule has 1 aliphatic heterocycles. The summed E-state index contributed by atoms with van der Waals surface area (Å²) in [6.45, 7) is 4.95. The van der Waals surface area contributed by atoms with Gasteiger partial charge >= 0.3 is 0 Å². The molecule has 3 aromatic carbocycles. The van der Waals surface area contributed by atoms with Gasteiger partial charge in [0.25, 0.3) is 0 Å². The number of carbonyl (C=O) groups is 2. The smallest absolute Gasteiger partial charge is 0.239 e. The van der Waals surface area contributed by atoms with Crippen LogP contribution < -0.4 is 10.6 Å². The lowest BCUT2D eigenvalue weighted by molar-refractivity contribution is -0.125. The maximum atomic E-state index is 12.8. The van der Waals surface area contributed by atoms with Crippen molar-refractivity contribution in [1.82, 2.24) is 25.1 Å². The van der Waals surface area contributed by atoms with Crippen molar-refractivity contribution < 1.29 is 9.59 Å². The second-order valence-corrected chi connectivity index (χ2v) is 11.8. The van der Waals surface area contributed by atoms with E-state index in [9.17, 15) is 9.59 Å². The molecular formula is C37H45N5O2. The summed E-state index contributed by atoms with van der Waals surface area (Å²) in [7, 11) is 0. The number of nitrogens with zero attached hydrogens (tertiary/aromatic N) is 3. The van der Waals surface area contributed by atoms with Crippen LogP contribution in [0.15, 0.2) is 104 Å². The topological polar surface area (TPSA) is 79.3 Å². The lowest BCUT2D eigenvalue weighted by Crippen LogP contribution is -2.42. The summed E-state index contributed by atoms with van der Waals surface area (Å²) >= 11 is 0. The Balaban J connectivity index is 1.42. The molecule has 1 fully saturated rings. The molecule has 5 rings (SSSR count). The van der Waals surface area contributed by atoms with E-state index in [1.807, 2.05) is 12.5 Å². The van der Waals surface area contributed by atoms with Crippen LogP contribution in [0.25, 0.3) is 0 Å². The van der Waals surface area contributed by atoms with E-state index in [1.165, 1.54) is 32.9 Å². The molecule has 0 bridgehead atoms. The third kappa shape index (κ3) is 7.64. The van der Waals surface area contributed by atoms with Crippen LogP contribution >= 0.6 is 0 Å². The summed E-state index contributed by atoms with van der Waals surface area (Å²) in [6, 6.07) is 31.8. The van der Waals surface area contributed by atoms with Crippen molar-refractivity contribution in [3.8, 4) is 0 Å².